The number of carbonyl (C=O) groups excluding carboxylic acids is 1. The first kappa shape index (κ1) is 15.8. The summed E-state index contributed by atoms with van der Waals surface area (Å²) in [5, 5.41) is 0. The molecule has 0 amide bonds. The molecule has 0 unspecified atom stereocenters. The normalized spacial score (nSPS) is 11.3. The van der Waals surface area contributed by atoms with Crippen molar-refractivity contribution in [2.75, 3.05) is 40.8 Å². The monoisotopic (exact) mass is 266 g/mol. The molecule has 106 valence electrons. The summed E-state index contributed by atoms with van der Waals surface area (Å²) in [5.74, 6) is -0.221. The van der Waals surface area contributed by atoms with Crippen LogP contribution < -0.4 is 0 Å². The molecule has 1 aromatic rings. The topological polar surface area (TPSA) is 23.6 Å². The minimum absolute atomic E-state index is 0.0843. The second kappa shape index (κ2) is 8.02. The molecule has 1 aromatic carbocycles. The third-order valence-corrected chi connectivity index (χ3v) is 3.04. The SMILES string of the molecule is CN(C)CCN(C)CCCC(=O)c1ccc(F)cc1. The summed E-state index contributed by atoms with van der Waals surface area (Å²) < 4.78 is 12.7. The highest BCUT2D eigenvalue weighted by molar-refractivity contribution is 5.95. The van der Waals surface area contributed by atoms with Gasteiger partial charge in [-0.05, 0) is 58.4 Å². The van der Waals surface area contributed by atoms with Crippen molar-refractivity contribution < 1.29 is 9.18 Å². The third-order valence-electron chi connectivity index (χ3n) is 3.04. The third kappa shape index (κ3) is 6.45. The second-order valence-corrected chi connectivity index (χ2v) is 5.14. The van der Waals surface area contributed by atoms with Gasteiger partial charge < -0.3 is 9.80 Å². The Morgan fingerprint density at radius 3 is 2.26 bits per heavy atom. The van der Waals surface area contributed by atoms with E-state index in [0.717, 1.165) is 26.1 Å². The number of hydrogen-bond donors (Lipinski definition) is 0. The first-order valence-corrected chi connectivity index (χ1v) is 6.61. The van der Waals surface area contributed by atoms with Crippen molar-refractivity contribution in [1.29, 1.82) is 0 Å². The van der Waals surface area contributed by atoms with Crippen molar-refractivity contribution in [2.24, 2.45) is 0 Å². The summed E-state index contributed by atoms with van der Waals surface area (Å²) in [6.45, 7) is 2.92. The Labute approximate surface area is 115 Å². The van der Waals surface area contributed by atoms with Crippen LogP contribution in [0.5, 0.6) is 0 Å². The zero-order valence-electron chi connectivity index (χ0n) is 12.0. The van der Waals surface area contributed by atoms with Gasteiger partial charge in [-0.25, -0.2) is 4.39 Å². The van der Waals surface area contributed by atoms with Crippen molar-refractivity contribution in [2.45, 2.75) is 12.8 Å². The van der Waals surface area contributed by atoms with Crippen LogP contribution in [-0.4, -0.2) is 56.4 Å². The average molecular weight is 266 g/mol. The summed E-state index contributed by atoms with van der Waals surface area (Å²) in [6, 6.07) is 5.76. The fourth-order valence-electron chi connectivity index (χ4n) is 1.77. The molecule has 0 saturated carbocycles. The zero-order valence-corrected chi connectivity index (χ0v) is 12.0. The van der Waals surface area contributed by atoms with E-state index in [2.05, 4.69) is 16.8 Å². The average Bonchev–Trinajstić information content (AvgIpc) is 2.37. The minimum atomic E-state index is -0.306. The van der Waals surface area contributed by atoms with Crippen molar-refractivity contribution in [3.63, 3.8) is 0 Å². The Kier molecular flexibility index (Phi) is 6.67. The van der Waals surface area contributed by atoms with E-state index in [4.69, 9.17) is 0 Å². The van der Waals surface area contributed by atoms with Crippen molar-refractivity contribution in [3.05, 3.63) is 35.6 Å². The van der Waals surface area contributed by atoms with Gasteiger partial charge in [0.1, 0.15) is 5.82 Å². The lowest BCUT2D eigenvalue weighted by Gasteiger charge is -2.18. The molecule has 0 spiro atoms. The predicted octanol–water partition coefficient (Wildman–Crippen LogP) is 2.28. The molecular formula is C15H23FN2O. The maximum absolute atomic E-state index is 12.7. The summed E-state index contributed by atoms with van der Waals surface area (Å²) in [4.78, 5) is 16.2. The van der Waals surface area contributed by atoms with E-state index in [9.17, 15) is 9.18 Å². The Bertz CT molecular complexity index is 390. The molecule has 3 nitrogen and oxygen atoms in total. The first-order valence-electron chi connectivity index (χ1n) is 6.61. The van der Waals surface area contributed by atoms with Crippen molar-refractivity contribution in [3.8, 4) is 0 Å². The van der Waals surface area contributed by atoms with Gasteiger partial charge in [-0.15, -0.1) is 0 Å². The fourth-order valence-corrected chi connectivity index (χ4v) is 1.77. The van der Waals surface area contributed by atoms with Crippen LogP contribution in [0.15, 0.2) is 24.3 Å². The van der Waals surface area contributed by atoms with Gasteiger partial charge in [-0.3, -0.25) is 4.79 Å². The number of benzene rings is 1. The minimum Gasteiger partial charge on any atom is -0.308 e. The first-order chi connectivity index (χ1) is 8.99. The maximum Gasteiger partial charge on any atom is 0.162 e. The smallest absolute Gasteiger partial charge is 0.162 e. The van der Waals surface area contributed by atoms with Gasteiger partial charge in [0.2, 0.25) is 0 Å². The van der Waals surface area contributed by atoms with E-state index in [1.165, 1.54) is 12.1 Å². The highest BCUT2D eigenvalue weighted by Crippen LogP contribution is 2.07. The van der Waals surface area contributed by atoms with Gasteiger partial charge in [-0.2, -0.15) is 0 Å². The molecule has 4 heteroatoms. The Hall–Kier alpha value is -1.26. The molecule has 0 bridgehead atoms. The Morgan fingerprint density at radius 2 is 1.68 bits per heavy atom. The van der Waals surface area contributed by atoms with Crippen LogP contribution in [0.2, 0.25) is 0 Å². The van der Waals surface area contributed by atoms with Gasteiger partial charge in [0.25, 0.3) is 0 Å². The molecule has 0 saturated heterocycles. The quantitative estimate of drug-likeness (QED) is 0.674. The van der Waals surface area contributed by atoms with Gasteiger partial charge in [0, 0.05) is 25.1 Å². The van der Waals surface area contributed by atoms with E-state index in [-0.39, 0.29) is 11.6 Å². The summed E-state index contributed by atoms with van der Waals surface area (Å²) in [7, 11) is 6.16. The molecule has 0 atom stereocenters. The van der Waals surface area contributed by atoms with Crippen LogP contribution in [0.3, 0.4) is 0 Å². The molecule has 0 heterocycles. The number of ketones is 1. The zero-order chi connectivity index (χ0) is 14.3. The highest BCUT2D eigenvalue weighted by atomic mass is 19.1. The van der Waals surface area contributed by atoms with E-state index >= 15 is 0 Å². The van der Waals surface area contributed by atoms with Crippen LogP contribution >= 0.6 is 0 Å². The maximum atomic E-state index is 12.7. The molecular weight excluding hydrogens is 243 g/mol. The van der Waals surface area contributed by atoms with Crippen LogP contribution in [0.25, 0.3) is 0 Å². The number of likely N-dealkylation sites (N-methyl/N-ethyl adjacent to an activating group) is 2. The van der Waals surface area contributed by atoms with Gasteiger partial charge in [0.15, 0.2) is 5.78 Å². The molecule has 0 aliphatic heterocycles. The number of nitrogens with zero attached hydrogens (tertiary/aromatic N) is 2. The number of carbonyl (C=O) groups is 1. The lowest BCUT2D eigenvalue weighted by Crippen LogP contribution is -2.29. The predicted molar refractivity (Wildman–Crippen MR) is 76.0 cm³/mol. The molecule has 0 N–H and O–H groups in total. The lowest BCUT2D eigenvalue weighted by molar-refractivity contribution is 0.0976. The van der Waals surface area contributed by atoms with Crippen molar-refractivity contribution in [1.82, 2.24) is 9.80 Å². The molecule has 0 fully saturated rings. The number of halogens is 1. The van der Waals surface area contributed by atoms with Gasteiger partial charge in [0.05, 0.1) is 0 Å². The van der Waals surface area contributed by atoms with E-state index < -0.39 is 0 Å². The van der Waals surface area contributed by atoms with Crippen LogP contribution in [0.1, 0.15) is 23.2 Å². The van der Waals surface area contributed by atoms with Crippen LogP contribution in [0, 0.1) is 5.82 Å². The molecule has 1 rings (SSSR count). The molecule has 0 radical (unpaired) electrons. The standard InChI is InChI=1S/C15H23FN2O/c1-17(2)11-12-18(3)10-4-5-15(19)13-6-8-14(16)9-7-13/h6-9H,4-5,10-12H2,1-3H3. The second-order valence-electron chi connectivity index (χ2n) is 5.14. The lowest BCUT2D eigenvalue weighted by atomic mass is 10.1. The molecule has 0 aliphatic carbocycles. The van der Waals surface area contributed by atoms with Gasteiger partial charge >= 0.3 is 0 Å². The Balaban J connectivity index is 2.25. The number of rotatable bonds is 8. The van der Waals surface area contributed by atoms with Crippen molar-refractivity contribution >= 4 is 5.78 Å². The van der Waals surface area contributed by atoms with Gasteiger partial charge in [-0.1, -0.05) is 0 Å². The molecule has 0 aromatic heterocycles. The van der Waals surface area contributed by atoms with Crippen LogP contribution in [-0.2, 0) is 0 Å². The van der Waals surface area contributed by atoms with Crippen LogP contribution in [0.4, 0.5) is 4.39 Å². The highest BCUT2D eigenvalue weighted by Gasteiger charge is 2.06. The summed E-state index contributed by atoms with van der Waals surface area (Å²) in [5.41, 5.74) is 0.595. The van der Waals surface area contributed by atoms with E-state index in [1.54, 1.807) is 12.1 Å². The summed E-state index contributed by atoms with van der Waals surface area (Å²) >= 11 is 0. The molecule has 19 heavy (non-hydrogen) atoms. The van der Waals surface area contributed by atoms with E-state index in [1.807, 2.05) is 14.1 Å². The fraction of sp³-hybridized carbons (Fsp3) is 0.533. The molecule has 0 aliphatic rings. The number of Topliss-reactive ketones (excluding diaryl/α,β-unsaturated/α-hetero) is 1. The Morgan fingerprint density at radius 1 is 1.05 bits per heavy atom. The van der Waals surface area contributed by atoms with E-state index in [0.29, 0.717) is 12.0 Å². The summed E-state index contributed by atoms with van der Waals surface area (Å²) in [6.07, 6.45) is 1.35. The number of hydrogen-bond acceptors (Lipinski definition) is 3. The largest absolute Gasteiger partial charge is 0.308 e.